The van der Waals surface area contributed by atoms with Gasteiger partial charge in [-0.2, -0.15) is 0 Å². The van der Waals surface area contributed by atoms with Crippen LogP contribution in [0.5, 0.6) is 0 Å². The fourth-order valence-electron chi connectivity index (χ4n) is 1.99. The quantitative estimate of drug-likeness (QED) is 0.892. The molecule has 4 heteroatoms. The number of aryl methyl sites for hydroxylation is 1. The molecule has 1 N–H and O–H groups in total. The first-order valence-electron chi connectivity index (χ1n) is 6.43. The lowest BCUT2D eigenvalue weighted by Gasteiger charge is -2.05. The highest BCUT2D eigenvalue weighted by atomic mass is 15.3. The van der Waals surface area contributed by atoms with Crippen molar-refractivity contribution < 1.29 is 0 Å². The van der Waals surface area contributed by atoms with Crippen molar-refractivity contribution in [2.75, 3.05) is 0 Å². The van der Waals surface area contributed by atoms with Gasteiger partial charge in [-0.3, -0.25) is 0 Å². The van der Waals surface area contributed by atoms with Crippen molar-refractivity contribution in [1.82, 2.24) is 20.1 Å². The first kappa shape index (κ1) is 11.4. The van der Waals surface area contributed by atoms with Crippen LogP contribution in [0.25, 0.3) is 11.4 Å². The van der Waals surface area contributed by atoms with Gasteiger partial charge < -0.3 is 9.88 Å². The van der Waals surface area contributed by atoms with Crippen molar-refractivity contribution >= 4 is 0 Å². The number of nitrogens with one attached hydrogen (secondary N) is 1. The van der Waals surface area contributed by atoms with E-state index < -0.39 is 0 Å². The molecule has 2 aromatic rings. The molecule has 1 aromatic heterocycles. The summed E-state index contributed by atoms with van der Waals surface area (Å²) >= 11 is 0. The van der Waals surface area contributed by atoms with Gasteiger partial charge in [0.05, 0.1) is 6.54 Å². The fourth-order valence-corrected chi connectivity index (χ4v) is 1.99. The van der Waals surface area contributed by atoms with Gasteiger partial charge >= 0.3 is 0 Å². The molecule has 0 unspecified atom stereocenters. The maximum Gasteiger partial charge on any atom is 0.163 e. The first-order valence-corrected chi connectivity index (χ1v) is 6.43. The Bertz CT molecular complexity index is 537. The number of rotatable bonds is 4. The van der Waals surface area contributed by atoms with E-state index >= 15 is 0 Å². The van der Waals surface area contributed by atoms with Crippen LogP contribution in [0, 0.1) is 6.92 Å². The van der Waals surface area contributed by atoms with Gasteiger partial charge in [0.15, 0.2) is 5.82 Å². The predicted molar refractivity (Wildman–Crippen MR) is 71.0 cm³/mol. The summed E-state index contributed by atoms with van der Waals surface area (Å²) in [6.45, 7) is 2.89. The van der Waals surface area contributed by atoms with E-state index in [1.165, 1.54) is 18.4 Å². The van der Waals surface area contributed by atoms with E-state index in [2.05, 4.69) is 51.3 Å². The molecule has 1 aliphatic carbocycles. The van der Waals surface area contributed by atoms with E-state index in [9.17, 15) is 0 Å². The van der Waals surface area contributed by atoms with Crippen LogP contribution in [0.2, 0.25) is 0 Å². The second-order valence-electron chi connectivity index (χ2n) is 5.02. The smallest absolute Gasteiger partial charge is 0.163 e. The summed E-state index contributed by atoms with van der Waals surface area (Å²) in [4.78, 5) is 0. The molecule has 0 radical (unpaired) electrons. The molecule has 0 spiro atoms. The van der Waals surface area contributed by atoms with E-state index in [-0.39, 0.29) is 0 Å². The van der Waals surface area contributed by atoms with E-state index in [4.69, 9.17) is 0 Å². The maximum atomic E-state index is 4.29. The van der Waals surface area contributed by atoms with Gasteiger partial charge in [-0.1, -0.05) is 29.8 Å². The number of hydrogen-bond donors (Lipinski definition) is 1. The summed E-state index contributed by atoms with van der Waals surface area (Å²) in [7, 11) is 2.03. The topological polar surface area (TPSA) is 42.7 Å². The van der Waals surface area contributed by atoms with Crippen molar-refractivity contribution in [2.24, 2.45) is 7.05 Å². The van der Waals surface area contributed by atoms with Gasteiger partial charge in [0.1, 0.15) is 5.82 Å². The molecule has 1 fully saturated rings. The van der Waals surface area contributed by atoms with E-state index in [1.54, 1.807) is 0 Å². The van der Waals surface area contributed by atoms with Crippen molar-refractivity contribution in [2.45, 2.75) is 32.4 Å². The summed E-state index contributed by atoms with van der Waals surface area (Å²) in [5.74, 6) is 1.93. The monoisotopic (exact) mass is 242 g/mol. The van der Waals surface area contributed by atoms with Crippen LogP contribution in [-0.4, -0.2) is 20.8 Å². The molecule has 0 atom stereocenters. The third kappa shape index (κ3) is 2.29. The molecule has 94 valence electrons. The maximum absolute atomic E-state index is 4.29. The van der Waals surface area contributed by atoms with Crippen molar-refractivity contribution in [3.63, 3.8) is 0 Å². The Morgan fingerprint density at radius 3 is 2.61 bits per heavy atom. The Kier molecular flexibility index (Phi) is 2.88. The van der Waals surface area contributed by atoms with Gasteiger partial charge in [0.2, 0.25) is 0 Å². The minimum absolute atomic E-state index is 0.699. The van der Waals surface area contributed by atoms with Crippen LogP contribution in [0.3, 0.4) is 0 Å². The highest BCUT2D eigenvalue weighted by Crippen LogP contribution is 2.20. The zero-order chi connectivity index (χ0) is 12.5. The van der Waals surface area contributed by atoms with Crippen LogP contribution in [0.15, 0.2) is 24.3 Å². The lowest BCUT2D eigenvalue weighted by molar-refractivity contribution is 0.634. The SMILES string of the molecule is Cc1ccc(-c2nnc(CNC3CC3)n2C)cc1. The lowest BCUT2D eigenvalue weighted by Crippen LogP contribution is -2.18. The van der Waals surface area contributed by atoms with Gasteiger partial charge in [-0.05, 0) is 19.8 Å². The Labute approximate surface area is 107 Å². The number of aromatic nitrogens is 3. The van der Waals surface area contributed by atoms with Crippen molar-refractivity contribution in [3.05, 3.63) is 35.7 Å². The summed E-state index contributed by atoms with van der Waals surface area (Å²) in [5.41, 5.74) is 2.38. The zero-order valence-electron chi connectivity index (χ0n) is 10.8. The average molecular weight is 242 g/mol. The minimum Gasteiger partial charge on any atom is -0.313 e. The molecule has 0 saturated heterocycles. The van der Waals surface area contributed by atoms with E-state index in [0.29, 0.717) is 6.04 Å². The molecule has 1 heterocycles. The predicted octanol–water partition coefficient (Wildman–Crippen LogP) is 2.04. The van der Waals surface area contributed by atoms with Gasteiger partial charge in [-0.15, -0.1) is 10.2 Å². The fraction of sp³-hybridized carbons (Fsp3) is 0.429. The average Bonchev–Trinajstić information content (AvgIpc) is 3.13. The molecule has 4 nitrogen and oxygen atoms in total. The molecule has 1 aliphatic rings. The second-order valence-corrected chi connectivity index (χ2v) is 5.02. The van der Waals surface area contributed by atoms with Crippen LogP contribution >= 0.6 is 0 Å². The van der Waals surface area contributed by atoms with Crippen molar-refractivity contribution in [1.29, 1.82) is 0 Å². The van der Waals surface area contributed by atoms with Crippen LogP contribution in [0.4, 0.5) is 0 Å². The largest absolute Gasteiger partial charge is 0.313 e. The number of benzene rings is 1. The summed E-state index contributed by atoms with van der Waals surface area (Å²) in [6.07, 6.45) is 2.59. The molecule has 1 saturated carbocycles. The number of hydrogen-bond acceptors (Lipinski definition) is 3. The second kappa shape index (κ2) is 4.53. The Hall–Kier alpha value is -1.68. The minimum atomic E-state index is 0.699. The Morgan fingerprint density at radius 2 is 1.94 bits per heavy atom. The van der Waals surface area contributed by atoms with Crippen LogP contribution in [-0.2, 0) is 13.6 Å². The van der Waals surface area contributed by atoms with E-state index in [1.807, 2.05) is 7.05 Å². The summed E-state index contributed by atoms with van der Waals surface area (Å²) < 4.78 is 2.07. The van der Waals surface area contributed by atoms with E-state index in [0.717, 1.165) is 23.8 Å². The standard InChI is InChI=1S/C14H18N4/c1-10-3-5-11(6-4-10)14-17-16-13(18(14)2)9-15-12-7-8-12/h3-6,12,15H,7-9H2,1-2H3. The first-order chi connectivity index (χ1) is 8.74. The zero-order valence-corrected chi connectivity index (χ0v) is 10.8. The molecule has 3 rings (SSSR count). The summed E-state index contributed by atoms with van der Waals surface area (Å²) in [6, 6.07) is 9.09. The molecule has 0 aliphatic heterocycles. The molecule has 1 aromatic carbocycles. The van der Waals surface area contributed by atoms with Crippen molar-refractivity contribution in [3.8, 4) is 11.4 Å². The molecular weight excluding hydrogens is 224 g/mol. The molecular formula is C14H18N4. The highest BCUT2D eigenvalue weighted by Gasteiger charge is 2.21. The third-order valence-corrected chi connectivity index (χ3v) is 3.40. The lowest BCUT2D eigenvalue weighted by atomic mass is 10.1. The number of nitrogens with zero attached hydrogens (tertiary/aromatic N) is 3. The molecule has 0 bridgehead atoms. The van der Waals surface area contributed by atoms with Crippen LogP contribution in [0.1, 0.15) is 24.2 Å². The third-order valence-electron chi connectivity index (χ3n) is 3.40. The molecule has 18 heavy (non-hydrogen) atoms. The van der Waals surface area contributed by atoms with Gasteiger partial charge in [0, 0.05) is 18.7 Å². The summed E-state index contributed by atoms with van der Waals surface area (Å²) in [5, 5.41) is 12.0. The van der Waals surface area contributed by atoms with Gasteiger partial charge in [0.25, 0.3) is 0 Å². The van der Waals surface area contributed by atoms with Crippen LogP contribution < -0.4 is 5.32 Å². The van der Waals surface area contributed by atoms with Gasteiger partial charge in [-0.25, -0.2) is 0 Å². The normalized spacial score (nSPS) is 15.0. The molecule has 0 amide bonds. The Morgan fingerprint density at radius 1 is 1.22 bits per heavy atom. The highest BCUT2D eigenvalue weighted by molar-refractivity contribution is 5.55. The Balaban J connectivity index is 1.81.